The summed E-state index contributed by atoms with van der Waals surface area (Å²) in [6.45, 7) is 3.03. The van der Waals surface area contributed by atoms with Gasteiger partial charge in [0.15, 0.2) is 11.4 Å². The largest absolute Gasteiger partial charge is 0.494 e. The number of halogens is 1. The molecule has 0 aliphatic rings. The minimum absolute atomic E-state index is 0.188. The highest BCUT2D eigenvalue weighted by molar-refractivity contribution is 6.31. The number of rotatable bonds is 8. The van der Waals surface area contributed by atoms with E-state index in [9.17, 15) is 4.79 Å². The van der Waals surface area contributed by atoms with Gasteiger partial charge < -0.3 is 14.8 Å². The number of carbonyl (C=O) groups is 1. The molecule has 1 heterocycles. The SMILES string of the molecule is CCOc1ccc(Oc2ccc(Cl)cc2NC(=O)c2cn(Cc3ccccc3)nn2)cc1. The van der Waals surface area contributed by atoms with Crippen molar-refractivity contribution in [3.8, 4) is 17.2 Å². The average Bonchev–Trinajstić information content (AvgIpc) is 3.26. The van der Waals surface area contributed by atoms with Crippen LogP contribution in [-0.2, 0) is 6.54 Å². The van der Waals surface area contributed by atoms with Crippen molar-refractivity contribution < 1.29 is 14.3 Å². The number of nitrogens with zero attached hydrogens (tertiary/aromatic N) is 3. The van der Waals surface area contributed by atoms with Crippen LogP contribution in [0.3, 0.4) is 0 Å². The fraction of sp³-hybridized carbons (Fsp3) is 0.125. The van der Waals surface area contributed by atoms with E-state index >= 15 is 0 Å². The standard InChI is InChI=1S/C24H21ClN4O3/c1-2-31-19-9-11-20(12-10-19)32-23-13-8-18(25)14-21(23)26-24(30)22-16-29(28-27-22)15-17-6-4-3-5-7-17/h3-14,16H,2,15H2,1H3,(H,26,30). The lowest BCUT2D eigenvalue weighted by Gasteiger charge is -2.12. The number of anilines is 1. The Morgan fingerprint density at radius 3 is 2.53 bits per heavy atom. The van der Waals surface area contributed by atoms with Crippen molar-refractivity contribution >= 4 is 23.2 Å². The molecule has 1 amide bonds. The third kappa shape index (κ3) is 5.44. The summed E-state index contributed by atoms with van der Waals surface area (Å²) in [5.74, 6) is 1.38. The molecule has 1 N–H and O–H groups in total. The van der Waals surface area contributed by atoms with Gasteiger partial charge in [0.05, 0.1) is 25.0 Å². The second-order valence-corrected chi connectivity index (χ2v) is 7.32. The van der Waals surface area contributed by atoms with E-state index in [2.05, 4.69) is 15.6 Å². The fourth-order valence-electron chi connectivity index (χ4n) is 3.02. The zero-order valence-corrected chi connectivity index (χ0v) is 18.1. The Kier molecular flexibility index (Phi) is 6.67. The normalized spacial score (nSPS) is 10.6. The fourth-order valence-corrected chi connectivity index (χ4v) is 3.20. The molecule has 1 aromatic heterocycles. The topological polar surface area (TPSA) is 78.3 Å². The van der Waals surface area contributed by atoms with Gasteiger partial charge in [0.2, 0.25) is 0 Å². The van der Waals surface area contributed by atoms with Gasteiger partial charge in [-0.05, 0) is 55.0 Å². The summed E-state index contributed by atoms with van der Waals surface area (Å²) < 4.78 is 13.0. The van der Waals surface area contributed by atoms with Crippen molar-refractivity contribution in [1.82, 2.24) is 15.0 Å². The molecular weight excluding hydrogens is 428 g/mol. The van der Waals surface area contributed by atoms with Gasteiger partial charge in [-0.3, -0.25) is 4.79 Å². The van der Waals surface area contributed by atoms with E-state index in [0.717, 1.165) is 11.3 Å². The van der Waals surface area contributed by atoms with E-state index in [1.54, 1.807) is 41.2 Å². The number of ether oxygens (including phenoxy) is 2. The predicted octanol–water partition coefficient (Wildman–Crippen LogP) is 5.42. The smallest absolute Gasteiger partial charge is 0.277 e. The van der Waals surface area contributed by atoms with Crippen molar-refractivity contribution in [2.45, 2.75) is 13.5 Å². The minimum Gasteiger partial charge on any atom is -0.494 e. The quantitative estimate of drug-likeness (QED) is 0.389. The van der Waals surface area contributed by atoms with Crippen LogP contribution in [0.1, 0.15) is 23.0 Å². The molecule has 7 nitrogen and oxygen atoms in total. The average molecular weight is 449 g/mol. The van der Waals surface area contributed by atoms with Gasteiger partial charge in [-0.2, -0.15) is 0 Å². The second kappa shape index (κ2) is 9.98. The Hall–Kier alpha value is -3.84. The number of benzene rings is 3. The van der Waals surface area contributed by atoms with E-state index < -0.39 is 5.91 Å². The first-order valence-corrected chi connectivity index (χ1v) is 10.4. The number of hydrogen-bond acceptors (Lipinski definition) is 5. The summed E-state index contributed by atoms with van der Waals surface area (Å²) >= 11 is 6.14. The van der Waals surface area contributed by atoms with Crippen LogP contribution in [0.5, 0.6) is 17.2 Å². The maximum Gasteiger partial charge on any atom is 0.277 e. The van der Waals surface area contributed by atoms with Crippen molar-refractivity contribution in [3.63, 3.8) is 0 Å². The molecule has 4 rings (SSSR count). The van der Waals surface area contributed by atoms with Crippen molar-refractivity contribution in [2.75, 3.05) is 11.9 Å². The first kappa shape index (κ1) is 21.4. The maximum atomic E-state index is 12.8. The maximum absolute atomic E-state index is 12.8. The molecule has 0 radical (unpaired) electrons. The summed E-state index contributed by atoms with van der Waals surface area (Å²) in [7, 11) is 0. The predicted molar refractivity (Wildman–Crippen MR) is 123 cm³/mol. The molecule has 3 aromatic carbocycles. The molecule has 0 saturated carbocycles. The molecule has 0 aliphatic carbocycles. The van der Waals surface area contributed by atoms with Gasteiger partial charge in [-0.15, -0.1) is 5.10 Å². The van der Waals surface area contributed by atoms with Crippen LogP contribution in [-0.4, -0.2) is 27.5 Å². The molecule has 0 unspecified atom stereocenters. The molecule has 32 heavy (non-hydrogen) atoms. The molecule has 0 fully saturated rings. The van der Waals surface area contributed by atoms with Crippen molar-refractivity contribution in [1.29, 1.82) is 0 Å². The first-order chi connectivity index (χ1) is 15.6. The minimum atomic E-state index is -0.414. The molecule has 8 heteroatoms. The summed E-state index contributed by atoms with van der Waals surface area (Å²) in [5.41, 5.74) is 1.67. The number of aromatic nitrogens is 3. The lowest BCUT2D eigenvalue weighted by molar-refractivity contribution is 0.102. The highest BCUT2D eigenvalue weighted by atomic mass is 35.5. The van der Waals surface area contributed by atoms with E-state index in [0.29, 0.717) is 35.4 Å². The lowest BCUT2D eigenvalue weighted by Crippen LogP contribution is -2.13. The molecule has 162 valence electrons. The van der Waals surface area contributed by atoms with Crippen LogP contribution in [0.15, 0.2) is 79.0 Å². The monoisotopic (exact) mass is 448 g/mol. The highest BCUT2D eigenvalue weighted by Gasteiger charge is 2.15. The van der Waals surface area contributed by atoms with Gasteiger partial charge in [0, 0.05) is 5.02 Å². The van der Waals surface area contributed by atoms with Crippen molar-refractivity contribution in [2.24, 2.45) is 0 Å². The van der Waals surface area contributed by atoms with E-state index in [-0.39, 0.29) is 5.69 Å². The van der Waals surface area contributed by atoms with Crippen LogP contribution in [0, 0.1) is 0 Å². The number of carbonyl (C=O) groups excluding carboxylic acids is 1. The molecule has 0 spiro atoms. The van der Waals surface area contributed by atoms with Crippen LogP contribution < -0.4 is 14.8 Å². The van der Waals surface area contributed by atoms with E-state index in [1.807, 2.05) is 49.4 Å². The molecule has 0 saturated heterocycles. The zero-order valence-electron chi connectivity index (χ0n) is 17.4. The van der Waals surface area contributed by atoms with Gasteiger partial charge >= 0.3 is 0 Å². The summed E-state index contributed by atoms with van der Waals surface area (Å²) in [4.78, 5) is 12.8. The molecular formula is C24H21ClN4O3. The first-order valence-electron chi connectivity index (χ1n) is 10.1. The van der Waals surface area contributed by atoms with Gasteiger partial charge in [-0.25, -0.2) is 4.68 Å². The Labute approximate surface area is 190 Å². The van der Waals surface area contributed by atoms with E-state index in [4.69, 9.17) is 21.1 Å². The third-order valence-corrected chi connectivity index (χ3v) is 4.75. The second-order valence-electron chi connectivity index (χ2n) is 6.89. The number of nitrogens with one attached hydrogen (secondary N) is 1. The summed E-state index contributed by atoms with van der Waals surface area (Å²) in [6.07, 6.45) is 1.60. The highest BCUT2D eigenvalue weighted by Crippen LogP contribution is 2.33. The number of hydrogen-bond donors (Lipinski definition) is 1. The van der Waals surface area contributed by atoms with Crippen LogP contribution in [0.4, 0.5) is 5.69 Å². The van der Waals surface area contributed by atoms with Crippen LogP contribution in [0.2, 0.25) is 5.02 Å². The molecule has 0 aliphatic heterocycles. The Morgan fingerprint density at radius 2 is 1.78 bits per heavy atom. The summed E-state index contributed by atoms with van der Waals surface area (Å²) in [5, 5.41) is 11.3. The number of amides is 1. The van der Waals surface area contributed by atoms with Crippen molar-refractivity contribution in [3.05, 3.63) is 95.3 Å². The van der Waals surface area contributed by atoms with Gasteiger partial charge in [-0.1, -0.05) is 47.1 Å². The zero-order chi connectivity index (χ0) is 22.3. The molecule has 0 atom stereocenters. The van der Waals surface area contributed by atoms with Gasteiger partial charge in [0.1, 0.15) is 11.5 Å². The third-order valence-electron chi connectivity index (χ3n) is 4.51. The van der Waals surface area contributed by atoms with Crippen LogP contribution in [0.25, 0.3) is 0 Å². The Balaban J connectivity index is 1.48. The van der Waals surface area contributed by atoms with Gasteiger partial charge in [0.25, 0.3) is 5.91 Å². The summed E-state index contributed by atoms with van der Waals surface area (Å²) in [6, 6.07) is 22.0. The Bertz CT molecular complexity index is 1190. The molecule has 4 aromatic rings. The lowest BCUT2D eigenvalue weighted by atomic mass is 10.2. The van der Waals surface area contributed by atoms with Crippen LogP contribution >= 0.6 is 11.6 Å². The molecule has 0 bridgehead atoms. The van der Waals surface area contributed by atoms with E-state index in [1.165, 1.54) is 0 Å². The Morgan fingerprint density at radius 1 is 1.03 bits per heavy atom.